The van der Waals surface area contributed by atoms with Crippen molar-refractivity contribution >= 4 is 23.2 Å². The molecule has 3 aromatic rings. The van der Waals surface area contributed by atoms with Crippen LogP contribution < -0.4 is 0 Å². The van der Waals surface area contributed by atoms with Gasteiger partial charge in [0.15, 0.2) is 0 Å². The lowest BCUT2D eigenvalue weighted by atomic mass is 9.81. The summed E-state index contributed by atoms with van der Waals surface area (Å²) in [7, 11) is 3.62. The quantitative estimate of drug-likeness (QED) is 0.666. The lowest BCUT2D eigenvalue weighted by Crippen LogP contribution is -2.45. The van der Waals surface area contributed by atoms with Crippen LogP contribution in [-0.2, 0) is 11.3 Å². The number of rotatable bonds is 4. The lowest BCUT2D eigenvalue weighted by molar-refractivity contribution is -0.133. The zero-order chi connectivity index (χ0) is 19.7. The van der Waals surface area contributed by atoms with Crippen molar-refractivity contribution in [2.24, 2.45) is 0 Å². The molecule has 4 nitrogen and oxygen atoms in total. The smallest absolute Gasteiger partial charge is 0.254 e. The molecule has 0 unspecified atom stereocenters. The number of nitrogens with zero attached hydrogens (tertiary/aromatic N) is 2. The van der Waals surface area contributed by atoms with Crippen LogP contribution >= 0.6 is 11.3 Å². The van der Waals surface area contributed by atoms with E-state index in [0.29, 0.717) is 12.1 Å². The van der Waals surface area contributed by atoms with Gasteiger partial charge in [0.25, 0.3) is 5.91 Å². The summed E-state index contributed by atoms with van der Waals surface area (Å²) in [6.45, 7) is 0.535. The SMILES string of the molecule is CN(Cc1ccccc1)C(=O)[C@H]1c2ccccc2C(=O)N(C)[C@@H]1c1cccs1. The van der Waals surface area contributed by atoms with E-state index < -0.39 is 5.92 Å². The van der Waals surface area contributed by atoms with Crippen LogP contribution in [0, 0.1) is 0 Å². The van der Waals surface area contributed by atoms with Crippen LogP contribution in [0.25, 0.3) is 0 Å². The number of fused-ring (bicyclic) bond motifs is 1. The molecule has 0 aliphatic carbocycles. The van der Waals surface area contributed by atoms with Gasteiger partial charge in [-0.25, -0.2) is 0 Å². The highest BCUT2D eigenvalue weighted by Gasteiger charge is 2.43. The van der Waals surface area contributed by atoms with E-state index in [2.05, 4.69) is 0 Å². The largest absolute Gasteiger partial charge is 0.341 e. The third-order valence-electron chi connectivity index (χ3n) is 5.32. The van der Waals surface area contributed by atoms with Crippen LogP contribution in [0.2, 0.25) is 0 Å². The topological polar surface area (TPSA) is 40.6 Å². The van der Waals surface area contributed by atoms with Gasteiger partial charge in [0.05, 0.1) is 12.0 Å². The highest BCUT2D eigenvalue weighted by atomic mass is 32.1. The maximum Gasteiger partial charge on any atom is 0.254 e. The molecule has 1 aliphatic rings. The van der Waals surface area contributed by atoms with Gasteiger partial charge in [0, 0.05) is 31.1 Å². The second kappa shape index (κ2) is 7.60. The van der Waals surface area contributed by atoms with E-state index >= 15 is 0 Å². The third kappa shape index (κ3) is 3.22. The first kappa shape index (κ1) is 18.4. The van der Waals surface area contributed by atoms with Crippen molar-refractivity contribution in [3.63, 3.8) is 0 Å². The van der Waals surface area contributed by atoms with Crippen molar-refractivity contribution in [2.45, 2.75) is 18.5 Å². The summed E-state index contributed by atoms with van der Waals surface area (Å²) < 4.78 is 0. The Morgan fingerprint density at radius 3 is 2.46 bits per heavy atom. The predicted octanol–water partition coefficient (Wildman–Crippen LogP) is 4.32. The number of hydrogen-bond acceptors (Lipinski definition) is 3. The molecular formula is C23H22N2O2S. The van der Waals surface area contributed by atoms with Crippen molar-refractivity contribution < 1.29 is 9.59 Å². The summed E-state index contributed by atoms with van der Waals surface area (Å²) in [5.74, 6) is -0.441. The molecule has 0 saturated carbocycles. The molecule has 0 saturated heterocycles. The zero-order valence-corrected chi connectivity index (χ0v) is 16.7. The van der Waals surface area contributed by atoms with Crippen LogP contribution in [0.1, 0.15) is 38.3 Å². The Balaban J connectivity index is 1.75. The first-order valence-electron chi connectivity index (χ1n) is 9.26. The molecule has 142 valence electrons. The molecule has 2 atom stereocenters. The molecular weight excluding hydrogens is 368 g/mol. The average Bonchev–Trinajstić information content (AvgIpc) is 3.25. The highest BCUT2D eigenvalue weighted by molar-refractivity contribution is 7.10. The van der Waals surface area contributed by atoms with Crippen molar-refractivity contribution in [1.29, 1.82) is 0 Å². The summed E-state index contributed by atoms with van der Waals surface area (Å²) in [5.41, 5.74) is 2.51. The van der Waals surface area contributed by atoms with E-state index in [0.717, 1.165) is 16.0 Å². The van der Waals surface area contributed by atoms with Gasteiger partial charge in [-0.05, 0) is 28.6 Å². The summed E-state index contributed by atoms with van der Waals surface area (Å²) in [5, 5.41) is 1.99. The van der Waals surface area contributed by atoms with Gasteiger partial charge in [-0.1, -0.05) is 54.6 Å². The maximum absolute atomic E-state index is 13.6. The standard InChI is InChI=1S/C23H22N2O2S/c1-24(15-16-9-4-3-5-10-16)23(27)20-17-11-6-7-12-18(17)22(26)25(2)21(20)19-13-8-14-28-19/h3-14,20-21H,15H2,1-2H3/t20-,21+/m0/s1. The van der Waals surface area contributed by atoms with Crippen LogP contribution in [0.5, 0.6) is 0 Å². The molecule has 2 aromatic carbocycles. The molecule has 5 heteroatoms. The van der Waals surface area contributed by atoms with E-state index in [9.17, 15) is 9.59 Å². The van der Waals surface area contributed by atoms with Crippen LogP contribution in [-0.4, -0.2) is 35.7 Å². The predicted molar refractivity (Wildman–Crippen MR) is 111 cm³/mol. The Morgan fingerprint density at radius 1 is 1.04 bits per heavy atom. The first-order chi connectivity index (χ1) is 13.6. The summed E-state index contributed by atoms with van der Waals surface area (Å²) in [6, 6.07) is 21.1. The average molecular weight is 391 g/mol. The summed E-state index contributed by atoms with van der Waals surface area (Å²) in [4.78, 5) is 31.1. The van der Waals surface area contributed by atoms with E-state index in [1.165, 1.54) is 0 Å². The minimum atomic E-state index is -0.425. The number of likely N-dealkylation sites (N-methyl/N-ethyl adjacent to an activating group) is 2. The monoisotopic (exact) mass is 390 g/mol. The highest BCUT2D eigenvalue weighted by Crippen LogP contribution is 2.44. The molecule has 2 heterocycles. The molecule has 0 spiro atoms. The molecule has 4 rings (SSSR count). The first-order valence-corrected chi connectivity index (χ1v) is 10.1. The Bertz CT molecular complexity index is 985. The Labute approximate surface area is 169 Å². The Morgan fingerprint density at radius 2 is 1.75 bits per heavy atom. The van der Waals surface area contributed by atoms with Gasteiger partial charge in [0.1, 0.15) is 0 Å². The van der Waals surface area contributed by atoms with Gasteiger partial charge < -0.3 is 9.80 Å². The van der Waals surface area contributed by atoms with E-state index in [1.807, 2.05) is 79.2 Å². The van der Waals surface area contributed by atoms with Gasteiger partial charge in [-0.2, -0.15) is 0 Å². The third-order valence-corrected chi connectivity index (χ3v) is 6.26. The molecule has 0 N–H and O–H groups in total. The van der Waals surface area contributed by atoms with Gasteiger partial charge in [0.2, 0.25) is 5.91 Å². The summed E-state index contributed by atoms with van der Waals surface area (Å²) in [6.07, 6.45) is 0. The fraction of sp³-hybridized carbons (Fsp3) is 0.217. The number of amides is 2. The van der Waals surface area contributed by atoms with Gasteiger partial charge in [-0.15, -0.1) is 11.3 Å². The molecule has 1 aromatic heterocycles. The van der Waals surface area contributed by atoms with E-state index in [4.69, 9.17) is 0 Å². The fourth-order valence-electron chi connectivity index (χ4n) is 3.93. The van der Waals surface area contributed by atoms with Crippen molar-refractivity contribution in [3.05, 3.63) is 93.7 Å². The fourth-order valence-corrected chi connectivity index (χ4v) is 4.83. The Hall–Kier alpha value is -2.92. The van der Waals surface area contributed by atoms with E-state index in [1.54, 1.807) is 28.2 Å². The summed E-state index contributed by atoms with van der Waals surface area (Å²) >= 11 is 1.58. The molecule has 2 amide bonds. The van der Waals surface area contributed by atoms with Gasteiger partial charge >= 0.3 is 0 Å². The normalized spacial score (nSPS) is 18.6. The second-order valence-electron chi connectivity index (χ2n) is 7.12. The van der Waals surface area contributed by atoms with Crippen molar-refractivity contribution in [3.8, 4) is 0 Å². The van der Waals surface area contributed by atoms with Crippen LogP contribution in [0.3, 0.4) is 0 Å². The lowest BCUT2D eigenvalue weighted by Gasteiger charge is -2.40. The molecule has 1 aliphatic heterocycles. The molecule has 28 heavy (non-hydrogen) atoms. The number of benzene rings is 2. The van der Waals surface area contributed by atoms with Crippen molar-refractivity contribution in [2.75, 3.05) is 14.1 Å². The van der Waals surface area contributed by atoms with Crippen molar-refractivity contribution in [1.82, 2.24) is 9.80 Å². The number of carbonyl (C=O) groups is 2. The molecule has 0 fully saturated rings. The Kier molecular flexibility index (Phi) is 5.01. The van der Waals surface area contributed by atoms with Crippen LogP contribution in [0.4, 0.5) is 0 Å². The molecule has 0 bridgehead atoms. The second-order valence-corrected chi connectivity index (χ2v) is 8.10. The zero-order valence-electron chi connectivity index (χ0n) is 15.9. The maximum atomic E-state index is 13.6. The van der Waals surface area contributed by atoms with Crippen LogP contribution in [0.15, 0.2) is 72.1 Å². The number of hydrogen-bond donors (Lipinski definition) is 0. The number of carbonyl (C=O) groups excluding carboxylic acids is 2. The number of thiophene rings is 1. The van der Waals surface area contributed by atoms with E-state index in [-0.39, 0.29) is 17.9 Å². The minimum Gasteiger partial charge on any atom is -0.341 e. The molecule has 0 radical (unpaired) electrons. The minimum absolute atomic E-state index is 0.0223. The van der Waals surface area contributed by atoms with Gasteiger partial charge in [-0.3, -0.25) is 9.59 Å².